The zero-order chi connectivity index (χ0) is 20.1. The minimum atomic E-state index is -0.703. The van der Waals surface area contributed by atoms with E-state index >= 15 is 0 Å². The number of hydrogen-bond acceptors (Lipinski definition) is 5. The molecule has 0 unspecified atom stereocenters. The Morgan fingerprint density at radius 3 is 3.04 bits per heavy atom. The average molecular weight is 409 g/mol. The lowest BCUT2D eigenvalue weighted by Gasteiger charge is -2.34. The second-order valence-electron chi connectivity index (χ2n) is 6.60. The van der Waals surface area contributed by atoms with Crippen molar-refractivity contribution in [1.29, 1.82) is 0 Å². The summed E-state index contributed by atoms with van der Waals surface area (Å²) in [6.45, 7) is 3.23. The van der Waals surface area contributed by atoms with Gasteiger partial charge >= 0.3 is 0 Å². The summed E-state index contributed by atoms with van der Waals surface area (Å²) in [4.78, 5) is 26.5. The molecule has 1 aromatic carbocycles. The lowest BCUT2D eigenvalue weighted by atomic mass is 10.1. The van der Waals surface area contributed by atoms with Crippen LogP contribution in [0.1, 0.15) is 30.4 Å². The molecule has 2 heterocycles. The van der Waals surface area contributed by atoms with Gasteiger partial charge in [0.1, 0.15) is 5.82 Å². The van der Waals surface area contributed by atoms with Crippen molar-refractivity contribution >= 4 is 23.4 Å². The van der Waals surface area contributed by atoms with Gasteiger partial charge in [0, 0.05) is 36.3 Å². The quantitative estimate of drug-likeness (QED) is 0.732. The number of piperazine rings is 1. The van der Waals surface area contributed by atoms with Crippen molar-refractivity contribution in [2.24, 2.45) is 0 Å². The maximum absolute atomic E-state index is 14.1. The van der Waals surface area contributed by atoms with Crippen molar-refractivity contribution < 1.29 is 18.5 Å². The first-order valence-corrected chi connectivity index (χ1v) is 9.51. The summed E-state index contributed by atoms with van der Waals surface area (Å²) in [7, 11) is 0. The minimum Gasteiger partial charge on any atom is -0.359 e. The molecule has 0 aliphatic carbocycles. The van der Waals surface area contributed by atoms with Crippen LogP contribution >= 0.6 is 11.6 Å². The molecule has 1 fully saturated rings. The van der Waals surface area contributed by atoms with Gasteiger partial charge in [-0.3, -0.25) is 14.5 Å². The number of aromatic nitrogens is 1. The standard InChI is InChI=1S/C19H22ClFN4O3/c1-2-12-8-13(28-24-12)10-23-18(26)9-17-19(27)22-6-7-25(17)11-14-15(20)4-3-5-16(14)21/h3-5,8,17H,2,6-7,9-11H2,1H3,(H,22,27)(H,23,26)/t17-/m0/s1. The highest BCUT2D eigenvalue weighted by molar-refractivity contribution is 6.31. The molecular formula is C19H22ClFN4O3. The fourth-order valence-electron chi connectivity index (χ4n) is 3.10. The first-order valence-electron chi connectivity index (χ1n) is 9.13. The van der Waals surface area contributed by atoms with E-state index in [2.05, 4.69) is 15.8 Å². The van der Waals surface area contributed by atoms with Crippen molar-refractivity contribution in [2.75, 3.05) is 13.1 Å². The summed E-state index contributed by atoms with van der Waals surface area (Å²) in [5.74, 6) is -0.449. The molecule has 2 aromatic rings. The van der Waals surface area contributed by atoms with Gasteiger partial charge in [-0.1, -0.05) is 29.7 Å². The highest BCUT2D eigenvalue weighted by Gasteiger charge is 2.32. The average Bonchev–Trinajstić information content (AvgIpc) is 3.14. The maximum Gasteiger partial charge on any atom is 0.237 e. The van der Waals surface area contributed by atoms with Crippen LogP contribution < -0.4 is 10.6 Å². The number of nitrogens with one attached hydrogen (secondary N) is 2. The second kappa shape index (κ2) is 9.16. The van der Waals surface area contributed by atoms with E-state index in [4.69, 9.17) is 16.1 Å². The van der Waals surface area contributed by atoms with E-state index in [0.29, 0.717) is 29.4 Å². The SMILES string of the molecule is CCc1cc(CNC(=O)C[C@H]2C(=O)NCCN2Cc2c(F)cccc2Cl)on1. The lowest BCUT2D eigenvalue weighted by Crippen LogP contribution is -2.56. The van der Waals surface area contributed by atoms with Gasteiger partial charge in [-0.25, -0.2) is 4.39 Å². The zero-order valence-corrected chi connectivity index (χ0v) is 16.3. The van der Waals surface area contributed by atoms with Crippen LogP contribution in [0.3, 0.4) is 0 Å². The van der Waals surface area contributed by atoms with E-state index in [-0.39, 0.29) is 31.3 Å². The van der Waals surface area contributed by atoms with E-state index < -0.39 is 11.9 Å². The van der Waals surface area contributed by atoms with Gasteiger partial charge in [-0.05, 0) is 18.6 Å². The van der Waals surface area contributed by atoms with E-state index in [1.54, 1.807) is 17.0 Å². The molecule has 0 spiro atoms. The molecule has 2 amide bonds. The Labute approximate surface area is 167 Å². The summed E-state index contributed by atoms with van der Waals surface area (Å²) < 4.78 is 19.3. The molecule has 9 heteroatoms. The number of rotatable bonds is 7. The summed E-state index contributed by atoms with van der Waals surface area (Å²) in [6.07, 6.45) is 0.694. The summed E-state index contributed by atoms with van der Waals surface area (Å²) in [6, 6.07) is 5.54. The van der Waals surface area contributed by atoms with E-state index in [1.165, 1.54) is 12.1 Å². The number of aryl methyl sites for hydroxylation is 1. The third-order valence-electron chi connectivity index (χ3n) is 4.67. The highest BCUT2D eigenvalue weighted by atomic mass is 35.5. The molecule has 3 rings (SSSR count). The Bertz CT molecular complexity index is 837. The minimum absolute atomic E-state index is 0.0489. The molecule has 0 saturated carbocycles. The predicted octanol–water partition coefficient (Wildman–Crippen LogP) is 2.04. The fraction of sp³-hybridized carbons (Fsp3) is 0.421. The largest absolute Gasteiger partial charge is 0.359 e. The first kappa shape index (κ1) is 20.3. The summed E-state index contributed by atoms with van der Waals surface area (Å²) in [5.41, 5.74) is 1.13. The van der Waals surface area contributed by atoms with E-state index in [1.807, 2.05) is 6.92 Å². The summed E-state index contributed by atoms with van der Waals surface area (Å²) >= 11 is 6.11. The smallest absolute Gasteiger partial charge is 0.237 e. The molecule has 150 valence electrons. The van der Waals surface area contributed by atoms with Gasteiger partial charge in [0.15, 0.2) is 5.76 Å². The maximum atomic E-state index is 14.1. The number of halogens is 2. The van der Waals surface area contributed by atoms with Gasteiger partial charge in [0.2, 0.25) is 11.8 Å². The molecule has 2 N–H and O–H groups in total. The van der Waals surface area contributed by atoms with Crippen molar-refractivity contribution in [3.8, 4) is 0 Å². The monoisotopic (exact) mass is 408 g/mol. The number of hydrogen-bond donors (Lipinski definition) is 2. The number of nitrogens with zero attached hydrogens (tertiary/aromatic N) is 2. The molecule has 0 radical (unpaired) electrons. The van der Waals surface area contributed by atoms with Crippen LogP contribution in [0.4, 0.5) is 4.39 Å². The van der Waals surface area contributed by atoms with Crippen molar-refractivity contribution in [2.45, 2.75) is 38.9 Å². The molecule has 1 atom stereocenters. The van der Waals surface area contributed by atoms with E-state index in [9.17, 15) is 14.0 Å². The third-order valence-corrected chi connectivity index (χ3v) is 5.03. The number of benzene rings is 1. The van der Waals surface area contributed by atoms with Crippen LogP contribution in [0.25, 0.3) is 0 Å². The molecule has 28 heavy (non-hydrogen) atoms. The third kappa shape index (κ3) is 4.88. The molecule has 1 aromatic heterocycles. The van der Waals surface area contributed by atoms with Crippen LogP contribution in [0.15, 0.2) is 28.8 Å². The van der Waals surface area contributed by atoms with E-state index in [0.717, 1.165) is 12.1 Å². The second-order valence-corrected chi connectivity index (χ2v) is 7.00. The van der Waals surface area contributed by atoms with Gasteiger partial charge in [0.25, 0.3) is 0 Å². The number of carbonyl (C=O) groups is 2. The van der Waals surface area contributed by atoms with Crippen LogP contribution in [-0.4, -0.2) is 41.0 Å². The Kier molecular flexibility index (Phi) is 6.64. The zero-order valence-electron chi connectivity index (χ0n) is 15.5. The first-order chi connectivity index (χ1) is 13.5. The fourth-order valence-corrected chi connectivity index (χ4v) is 3.32. The Morgan fingerprint density at radius 1 is 1.50 bits per heavy atom. The molecule has 1 aliphatic heterocycles. The molecular weight excluding hydrogens is 387 g/mol. The van der Waals surface area contributed by atoms with Crippen molar-refractivity contribution in [3.63, 3.8) is 0 Å². The van der Waals surface area contributed by atoms with Gasteiger partial charge in [-0.2, -0.15) is 0 Å². The van der Waals surface area contributed by atoms with Crippen LogP contribution in [0.2, 0.25) is 5.02 Å². The van der Waals surface area contributed by atoms with Gasteiger partial charge in [0.05, 0.1) is 24.7 Å². The molecule has 1 aliphatic rings. The highest BCUT2D eigenvalue weighted by Crippen LogP contribution is 2.23. The van der Waals surface area contributed by atoms with Gasteiger partial charge in [-0.15, -0.1) is 0 Å². The van der Waals surface area contributed by atoms with Crippen LogP contribution in [0, 0.1) is 5.82 Å². The van der Waals surface area contributed by atoms with Crippen LogP contribution in [0.5, 0.6) is 0 Å². The molecule has 7 nitrogen and oxygen atoms in total. The normalized spacial score (nSPS) is 17.4. The number of amides is 2. The number of carbonyl (C=O) groups excluding carboxylic acids is 2. The predicted molar refractivity (Wildman–Crippen MR) is 101 cm³/mol. The van der Waals surface area contributed by atoms with Gasteiger partial charge < -0.3 is 15.2 Å². The lowest BCUT2D eigenvalue weighted by molar-refractivity contribution is -0.134. The Morgan fingerprint density at radius 2 is 2.32 bits per heavy atom. The van der Waals surface area contributed by atoms with Crippen molar-refractivity contribution in [1.82, 2.24) is 20.7 Å². The molecule has 1 saturated heterocycles. The topological polar surface area (TPSA) is 87.5 Å². The summed E-state index contributed by atoms with van der Waals surface area (Å²) in [5, 5.41) is 9.65. The Balaban J connectivity index is 1.63. The van der Waals surface area contributed by atoms with Crippen LogP contribution in [-0.2, 0) is 29.1 Å². The van der Waals surface area contributed by atoms with Crippen molar-refractivity contribution in [3.05, 3.63) is 52.1 Å². The Hall–Kier alpha value is -2.45. The molecule has 0 bridgehead atoms.